The number of hydrogen-bond acceptors (Lipinski definition) is 3. The Morgan fingerprint density at radius 1 is 1.39 bits per heavy atom. The first-order valence-electron chi connectivity index (χ1n) is 6.56. The van der Waals surface area contributed by atoms with E-state index in [2.05, 4.69) is 46.9 Å². The fraction of sp³-hybridized carbons (Fsp3) is 0.400. The monoisotopic (exact) mass is 258 g/mol. The SMILES string of the molecule is CC(NC1CCCc2ccccc21)c1cscn1. The normalized spacial score (nSPS) is 20.4. The smallest absolute Gasteiger partial charge is 0.0795 e. The molecule has 0 saturated carbocycles. The van der Waals surface area contributed by atoms with Crippen LogP contribution in [0.1, 0.15) is 48.7 Å². The molecule has 0 radical (unpaired) electrons. The summed E-state index contributed by atoms with van der Waals surface area (Å²) >= 11 is 1.66. The van der Waals surface area contributed by atoms with Crippen LogP contribution in [0.25, 0.3) is 0 Å². The predicted octanol–water partition coefficient (Wildman–Crippen LogP) is 3.87. The topological polar surface area (TPSA) is 24.9 Å². The summed E-state index contributed by atoms with van der Waals surface area (Å²) in [5, 5.41) is 5.85. The van der Waals surface area contributed by atoms with E-state index in [1.165, 1.54) is 30.4 Å². The van der Waals surface area contributed by atoms with E-state index < -0.39 is 0 Å². The molecule has 0 saturated heterocycles. The first-order valence-corrected chi connectivity index (χ1v) is 7.51. The Kier molecular flexibility index (Phi) is 3.43. The maximum Gasteiger partial charge on any atom is 0.0795 e. The van der Waals surface area contributed by atoms with Crippen LogP contribution in [-0.4, -0.2) is 4.98 Å². The molecule has 1 heterocycles. The third kappa shape index (κ3) is 2.33. The van der Waals surface area contributed by atoms with E-state index >= 15 is 0 Å². The van der Waals surface area contributed by atoms with Crippen molar-refractivity contribution in [2.24, 2.45) is 0 Å². The largest absolute Gasteiger partial charge is 0.302 e. The van der Waals surface area contributed by atoms with Crippen molar-refractivity contribution in [1.29, 1.82) is 0 Å². The van der Waals surface area contributed by atoms with Gasteiger partial charge in [0.2, 0.25) is 0 Å². The van der Waals surface area contributed by atoms with Crippen LogP contribution in [0.2, 0.25) is 0 Å². The summed E-state index contributed by atoms with van der Waals surface area (Å²) in [7, 11) is 0. The number of aromatic nitrogens is 1. The molecular weight excluding hydrogens is 240 g/mol. The molecule has 0 bridgehead atoms. The molecule has 2 nitrogen and oxygen atoms in total. The zero-order valence-corrected chi connectivity index (χ0v) is 11.4. The van der Waals surface area contributed by atoms with Gasteiger partial charge in [0.15, 0.2) is 0 Å². The maximum absolute atomic E-state index is 4.39. The number of hydrogen-bond donors (Lipinski definition) is 1. The summed E-state index contributed by atoms with van der Waals surface area (Å²) in [5.74, 6) is 0. The lowest BCUT2D eigenvalue weighted by molar-refractivity contribution is 0.412. The van der Waals surface area contributed by atoms with Gasteiger partial charge in [0.1, 0.15) is 0 Å². The van der Waals surface area contributed by atoms with Gasteiger partial charge < -0.3 is 5.32 Å². The zero-order valence-electron chi connectivity index (χ0n) is 10.6. The molecule has 1 aromatic carbocycles. The van der Waals surface area contributed by atoms with Crippen LogP contribution in [0.15, 0.2) is 35.2 Å². The molecule has 1 aliphatic carbocycles. The second-order valence-electron chi connectivity index (χ2n) is 4.95. The Morgan fingerprint density at radius 3 is 3.11 bits per heavy atom. The van der Waals surface area contributed by atoms with Gasteiger partial charge >= 0.3 is 0 Å². The number of nitrogens with zero attached hydrogens (tertiary/aromatic N) is 1. The van der Waals surface area contributed by atoms with Crippen LogP contribution in [0, 0.1) is 0 Å². The van der Waals surface area contributed by atoms with Crippen molar-refractivity contribution in [2.45, 2.75) is 38.3 Å². The lowest BCUT2D eigenvalue weighted by Crippen LogP contribution is -2.27. The third-order valence-electron chi connectivity index (χ3n) is 3.72. The molecule has 1 aliphatic rings. The molecule has 3 rings (SSSR count). The standard InChI is InChI=1S/C15H18N2S/c1-11(15-9-18-10-16-15)17-14-8-4-6-12-5-2-3-7-13(12)14/h2-3,5,7,9-11,14,17H,4,6,8H2,1H3. The first-order chi connectivity index (χ1) is 8.84. The molecule has 3 heteroatoms. The minimum atomic E-state index is 0.326. The van der Waals surface area contributed by atoms with Gasteiger partial charge in [0.25, 0.3) is 0 Å². The number of rotatable bonds is 3. The van der Waals surface area contributed by atoms with E-state index in [0.29, 0.717) is 12.1 Å². The molecular formula is C15H18N2S. The molecule has 18 heavy (non-hydrogen) atoms. The molecule has 2 unspecified atom stereocenters. The van der Waals surface area contributed by atoms with Gasteiger partial charge in [-0.1, -0.05) is 24.3 Å². The molecule has 1 aromatic heterocycles. The van der Waals surface area contributed by atoms with E-state index in [1.54, 1.807) is 11.3 Å². The van der Waals surface area contributed by atoms with Crippen LogP contribution in [0.5, 0.6) is 0 Å². The van der Waals surface area contributed by atoms with Crippen LogP contribution in [0.3, 0.4) is 0 Å². The first kappa shape index (κ1) is 11.9. The van der Waals surface area contributed by atoms with Crippen LogP contribution in [-0.2, 0) is 6.42 Å². The predicted molar refractivity (Wildman–Crippen MR) is 75.8 cm³/mol. The average Bonchev–Trinajstić information content (AvgIpc) is 2.93. The second kappa shape index (κ2) is 5.21. The van der Waals surface area contributed by atoms with E-state index in [0.717, 1.165) is 5.69 Å². The van der Waals surface area contributed by atoms with E-state index in [9.17, 15) is 0 Å². The van der Waals surface area contributed by atoms with Crippen LogP contribution < -0.4 is 5.32 Å². The fourth-order valence-electron chi connectivity index (χ4n) is 2.75. The summed E-state index contributed by atoms with van der Waals surface area (Å²) < 4.78 is 0. The highest BCUT2D eigenvalue weighted by molar-refractivity contribution is 7.07. The summed E-state index contributed by atoms with van der Waals surface area (Å²) in [6, 6.07) is 9.62. The van der Waals surface area contributed by atoms with Gasteiger partial charge in [-0.2, -0.15) is 0 Å². The molecule has 0 aliphatic heterocycles. The molecule has 1 N–H and O–H groups in total. The Hall–Kier alpha value is -1.19. The van der Waals surface area contributed by atoms with Gasteiger partial charge in [-0.05, 0) is 37.3 Å². The maximum atomic E-state index is 4.39. The van der Waals surface area contributed by atoms with E-state index in [1.807, 2.05) is 5.51 Å². The van der Waals surface area contributed by atoms with Crippen molar-refractivity contribution < 1.29 is 0 Å². The third-order valence-corrected chi connectivity index (χ3v) is 4.32. The molecule has 0 spiro atoms. The van der Waals surface area contributed by atoms with Crippen molar-refractivity contribution in [1.82, 2.24) is 10.3 Å². The van der Waals surface area contributed by atoms with Crippen LogP contribution >= 0.6 is 11.3 Å². The second-order valence-corrected chi connectivity index (χ2v) is 5.66. The Morgan fingerprint density at radius 2 is 2.28 bits per heavy atom. The number of benzene rings is 1. The summed E-state index contributed by atoms with van der Waals surface area (Å²) in [4.78, 5) is 4.39. The van der Waals surface area contributed by atoms with Gasteiger partial charge in [-0.15, -0.1) is 11.3 Å². The Bertz CT molecular complexity index is 507. The molecule has 0 fully saturated rings. The van der Waals surface area contributed by atoms with Gasteiger partial charge in [0, 0.05) is 17.5 Å². The van der Waals surface area contributed by atoms with Crippen molar-refractivity contribution in [3.63, 3.8) is 0 Å². The molecule has 0 amide bonds. The lowest BCUT2D eigenvalue weighted by atomic mass is 9.87. The van der Waals surface area contributed by atoms with E-state index in [4.69, 9.17) is 0 Å². The van der Waals surface area contributed by atoms with Gasteiger partial charge in [-0.3, -0.25) is 0 Å². The quantitative estimate of drug-likeness (QED) is 0.904. The van der Waals surface area contributed by atoms with Crippen molar-refractivity contribution >= 4 is 11.3 Å². The summed E-state index contributed by atoms with van der Waals surface area (Å²) in [6.07, 6.45) is 3.73. The van der Waals surface area contributed by atoms with Crippen molar-refractivity contribution in [2.75, 3.05) is 0 Å². The molecule has 2 atom stereocenters. The van der Waals surface area contributed by atoms with Gasteiger partial charge in [0.05, 0.1) is 11.2 Å². The fourth-order valence-corrected chi connectivity index (χ4v) is 3.40. The minimum Gasteiger partial charge on any atom is -0.302 e. The number of aryl methyl sites for hydroxylation is 1. The summed E-state index contributed by atoms with van der Waals surface area (Å²) in [6.45, 7) is 2.20. The highest BCUT2D eigenvalue weighted by Crippen LogP contribution is 2.31. The highest BCUT2D eigenvalue weighted by atomic mass is 32.1. The highest BCUT2D eigenvalue weighted by Gasteiger charge is 2.21. The van der Waals surface area contributed by atoms with Gasteiger partial charge in [-0.25, -0.2) is 4.98 Å². The Labute approximate surface area is 112 Å². The van der Waals surface area contributed by atoms with Crippen LogP contribution in [0.4, 0.5) is 0 Å². The molecule has 2 aromatic rings. The number of fused-ring (bicyclic) bond motifs is 1. The number of thiazole rings is 1. The lowest BCUT2D eigenvalue weighted by Gasteiger charge is -2.28. The average molecular weight is 258 g/mol. The Balaban J connectivity index is 1.78. The van der Waals surface area contributed by atoms with Crippen molar-refractivity contribution in [3.8, 4) is 0 Å². The summed E-state index contributed by atoms with van der Waals surface area (Å²) in [5.41, 5.74) is 6.04. The van der Waals surface area contributed by atoms with Crippen molar-refractivity contribution in [3.05, 3.63) is 52.0 Å². The number of nitrogens with one attached hydrogen (secondary N) is 1. The van der Waals surface area contributed by atoms with E-state index in [-0.39, 0.29) is 0 Å². The molecule has 94 valence electrons. The zero-order chi connectivity index (χ0) is 12.4. The minimum absolute atomic E-state index is 0.326.